The Bertz CT molecular complexity index is 455. The van der Waals surface area contributed by atoms with Gasteiger partial charge in [-0.3, -0.25) is 0 Å². The van der Waals surface area contributed by atoms with E-state index < -0.39 is 30.0 Å². The summed E-state index contributed by atoms with van der Waals surface area (Å²) in [6, 6.07) is 9.56. The summed E-state index contributed by atoms with van der Waals surface area (Å²) in [5, 5.41) is 20.5. The maximum Gasteiger partial charge on any atom is 0.184 e. The first kappa shape index (κ1) is 15.3. The van der Waals surface area contributed by atoms with E-state index in [1.54, 1.807) is 0 Å². The summed E-state index contributed by atoms with van der Waals surface area (Å²) in [7, 11) is 0. The van der Waals surface area contributed by atoms with Crippen molar-refractivity contribution in [2.75, 3.05) is 12.4 Å². The Kier molecular flexibility index (Phi) is 4.83. The van der Waals surface area contributed by atoms with Crippen LogP contribution < -0.4 is 0 Å². The van der Waals surface area contributed by atoms with Crippen LogP contribution in [0.3, 0.4) is 0 Å². The van der Waals surface area contributed by atoms with E-state index in [2.05, 4.69) is 0 Å². The molecule has 0 radical (unpaired) electrons. The van der Waals surface area contributed by atoms with Gasteiger partial charge >= 0.3 is 0 Å². The van der Waals surface area contributed by atoms with E-state index in [1.165, 1.54) is 11.8 Å². The second-order valence-electron chi connectivity index (χ2n) is 5.16. The lowest BCUT2D eigenvalue weighted by molar-refractivity contribution is -0.318. The lowest BCUT2D eigenvalue weighted by Gasteiger charge is -2.46. The number of ether oxygens (including phenoxy) is 3. The van der Waals surface area contributed by atoms with E-state index in [4.69, 9.17) is 14.2 Å². The zero-order valence-corrected chi connectivity index (χ0v) is 12.6. The van der Waals surface area contributed by atoms with Crippen molar-refractivity contribution in [1.82, 2.24) is 0 Å². The molecule has 2 aliphatic rings. The first-order chi connectivity index (χ1) is 10.2. The largest absolute Gasteiger partial charge is 0.387 e. The third-order valence-electron chi connectivity index (χ3n) is 3.74. The Morgan fingerprint density at radius 3 is 2.62 bits per heavy atom. The Hall–Kier alpha value is -0.630. The molecule has 116 valence electrons. The zero-order chi connectivity index (χ0) is 14.8. The second kappa shape index (κ2) is 6.64. The van der Waals surface area contributed by atoms with Gasteiger partial charge in [0, 0.05) is 5.56 Å². The van der Waals surface area contributed by atoms with Gasteiger partial charge in [-0.2, -0.15) is 0 Å². The van der Waals surface area contributed by atoms with Gasteiger partial charge in [-0.1, -0.05) is 37.3 Å². The highest BCUT2D eigenvalue weighted by atomic mass is 32.2. The van der Waals surface area contributed by atoms with Crippen molar-refractivity contribution in [3.63, 3.8) is 0 Å². The molecule has 0 saturated carbocycles. The maximum absolute atomic E-state index is 10.3. The van der Waals surface area contributed by atoms with E-state index >= 15 is 0 Å². The summed E-state index contributed by atoms with van der Waals surface area (Å²) in [6.45, 7) is 2.33. The van der Waals surface area contributed by atoms with Crippen molar-refractivity contribution in [1.29, 1.82) is 0 Å². The van der Waals surface area contributed by atoms with Crippen LogP contribution >= 0.6 is 11.8 Å². The SMILES string of the molecule is CCS[C@@H]1O[C@@H]2COC(c3ccccc3)O[C@H]2[C@H](O)[C@H]1O. The van der Waals surface area contributed by atoms with Crippen LogP contribution in [0.15, 0.2) is 30.3 Å². The first-order valence-electron chi connectivity index (χ1n) is 7.16. The Balaban J connectivity index is 1.71. The van der Waals surface area contributed by atoms with Crippen LogP contribution in [0.1, 0.15) is 18.8 Å². The quantitative estimate of drug-likeness (QED) is 0.877. The van der Waals surface area contributed by atoms with Gasteiger partial charge in [0.15, 0.2) is 6.29 Å². The van der Waals surface area contributed by atoms with E-state index in [0.29, 0.717) is 6.61 Å². The molecule has 1 unspecified atom stereocenters. The van der Waals surface area contributed by atoms with Crippen LogP contribution in [0.25, 0.3) is 0 Å². The van der Waals surface area contributed by atoms with Crippen molar-refractivity contribution < 1.29 is 24.4 Å². The monoisotopic (exact) mass is 312 g/mol. The topological polar surface area (TPSA) is 68.2 Å². The molecule has 5 nitrogen and oxygen atoms in total. The minimum absolute atomic E-state index is 0.342. The fraction of sp³-hybridized carbons (Fsp3) is 0.600. The highest BCUT2D eigenvalue weighted by Gasteiger charge is 2.48. The Morgan fingerprint density at radius 2 is 1.90 bits per heavy atom. The minimum atomic E-state index is -0.970. The van der Waals surface area contributed by atoms with E-state index in [-0.39, 0.29) is 6.10 Å². The van der Waals surface area contributed by atoms with Gasteiger partial charge in [0.2, 0.25) is 0 Å². The van der Waals surface area contributed by atoms with Gasteiger partial charge in [-0.15, -0.1) is 11.8 Å². The smallest absolute Gasteiger partial charge is 0.184 e. The van der Waals surface area contributed by atoms with Crippen molar-refractivity contribution >= 4 is 11.8 Å². The molecule has 0 aromatic heterocycles. The van der Waals surface area contributed by atoms with Gasteiger partial charge in [0.1, 0.15) is 29.9 Å². The first-order valence-corrected chi connectivity index (χ1v) is 8.20. The van der Waals surface area contributed by atoms with E-state index in [0.717, 1.165) is 11.3 Å². The van der Waals surface area contributed by atoms with E-state index in [9.17, 15) is 10.2 Å². The highest BCUT2D eigenvalue weighted by Crippen LogP contribution is 2.36. The lowest BCUT2D eigenvalue weighted by atomic mass is 9.99. The molecule has 6 heteroatoms. The number of hydrogen-bond acceptors (Lipinski definition) is 6. The molecular formula is C15H20O5S. The van der Waals surface area contributed by atoms with Crippen LogP contribution in [-0.4, -0.2) is 52.4 Å². The summed E-state index contributed by atoms with van der Waals surface area (Å²) >= 11 is 1.47. The molecule has 2 saturated heterocycles. The maximum atomic E-state index is 10.3. The molecule has 2 fully saturated rings. The molecule has 0 amide bonds. The number of hydrogen-bond donors (Lipinski definition) is 2. The molecule has 21 heavy (non-hydrogen) atoms. The summed E-state index contributed by atoms with van der Waals surface area (Å²) in [5.74, 6) is 0.806. The molecule has 2 heterocycles. The average Bonchev–Trinajstić information content (AvgIpc) is 2.53. The van der Waals surface area contributed by atoms with Gasteiger partial charge in [0.25, 0.3) is 0 Å². The molecule has 0 bridgehead atoms. The number of fused-ring (bicyclic) bond motifs is 1. The van der Waals surface area contributed by atoms with Crippen molar-refractivity contribution in [2.45, 2.75) is 43.1 Å². The minimum Gasteiger partial charge on any atom is -0.387 e. The molecule has 2 N–H and O–H groups in total. The molecule has 3 rings (SSSR count). The number of aliphatic hydroxyl groups excluding tert-OH is 2. The molecule has 0 spiro atoms. The third kappa shape index (κ3) is 3.11. The third-order valence-corrected chi connectivity index (χ3v) is 4.79. The standard InChI is InChI=1S/C15H20O5S/c1-2-21-15-12(17)11(16)13-10(19-15)8-18-14(20-13)9-6-4-3-5-7-9/h3-7,10-17H,2,8H2,1H3/t10-,11-,12-,13-,14?,15+/m1/s1. The molecule has 1 aromatic rings. The van der Waals surface area contributed by atoms with Crippen LogP contribution in [0.2, 0.25) is 0 Å². The second-order valence-corrected chi connectivity index (χ2v) is 6.53. The summed E-state index contributed by atoms with van der Waals surface area (Å²) in [4.78, 5) is 0. The molecule has 2 aliphatic heterocycles. The van der Waals surface area contributed by atoms with Crippen LogP contribution in [0, 0.1) is 0 Å². The van der Waals surface area contributed by atoms with Gasteiger partial charge < -0.3 is 24.4 Å². The molecule has 0 aliphatic carbocycles. The number of benzene rings is 1. The number of rotatable bonds is 3. The van der Waals surface area contributed by atoms with Crippen LogP contribution in [0.4, 0.5) is 0 Å². The van der Waals surface area contributed by atoms with Crippen LogP contribution in [0.5, 0.6) is 0 Å². The summed E-state index contributed by atoms with van der Waals surface area (Å²) in [6.07, 6.45) is -3.39. The molecular weight excluding hydrogens is 292 g/mol. The summed E-state index contributed by atoms with van der Waals surface area (Å²) in [5.41, 5.74) is 0.453. The fourth-order valence-electron chi connectivity index (χ4n) is 2.66. The fourth-order valence-corrected chi connectivity index (χ4v) is 3.57. The lowest BCUT2D eigenvalue weighted by Crippen LogP contribution is -2.60. The predicted molar refractivity (Wildman–Crippen MR) is 78.8 cm³/mol. The van der Waals surface area contributed by atoms with Crippen molar-refractivity contribution in [2.24, 2.45) is 0 Å². The number of aliphatic hydroxyl groups is 2. The average molecular weight is 312 g/mol. The van der Waals surface area contributed by atoms with Crippen molar-refractivity contribution in [3.05, 3.63) is 35.9 Å². The normalized spacial score (nSPS) is 39.8. The Labute approximate surface area is 128 Å². The Morgan fingerprint density at radius 1 is 1.14 bits per heavy atom. The highest BCUT2D eigenvalue weighted by molar-refractivity contribution is 7.99. The van der Waals surface area contributed by atoms with Gasteiger partial charge in [-0.05, 0) is 5.75 Å². The molecule has 1 aromatic carbocycles. The predicted octanol–water partition coefficient (Wildman–Crippen LogP) is 1.30. The zero-order valence-electron chi connectivity index (χ0n) is 11.8. The summed E-state index contributed by atoms with van der Waals surface area (Å²) < 4.78 is 17.3. The molecule has 6 atom stereocenters. The van der Waals surface area contributed by atoms with Gasteiger partial charge in [0.05, 0.1) is 6.61 Å². The van der Waals surface area contributed by atoms with Gasteiger partial charge in [-0.25, -0.2) is 0 Å². The van der Waals surface area contributed by atoms with Crippen LogP contribution in [-0.2, 0) is 14.2 Å². The van der Waals surface area contributed by atoms with E-state index in [1.807, 2.05) is 37.3 Å². The number of thioether (sulfide) groups is 1. The van der Waals surface area contributed by atoms with Crippen molar-refractivity contribution in [3.8, 4) is 0 Å².